The summed E-state index contributed by atoms with van der Waals surface area (Å²) < 4.78 is 2.28. The highest BCUT2D eigenvalue weighted by Gasteiger charge is 2.22. The average molecular weight is 281 g/mol. The molecule has 0 aromatic carbocycles. The van der Waals surface area contributed by atoms with Crippen LogP contribution in [0.15, 0.2) is 16.7 Å². The van der Waals surface area contributed by atoms with Crippen LogP contribution >= 0.6 is 15.9 Å². The monoisotopic (exact) mass is 280 g/mol. The molecule has 0 saturated heterocycles. The van der Waals surface area contributed by atoms with Gasteiger partial charge in [-0.05, 0) is 22.0 Å². The van der Waals surface area contributed by atoms with Crippen molar-refractivity contribution in [3.63, 3.8) is 0 Å². The standard InChI is InChI=1S/C10H9BrN4O/c1-14-5-7(2-3-12)8-4-9(11)13-15(8)6-10(14)16/h2,4H,5-6H2,1H3. The van der Waals surface area contributed by atoms with E-state index < -0.39 is 0 Å². The van der Waals surface area contributed by atoms with Gasteiger partial charge in [0.2, 0.25) is 5.91 Å². The molecule has 6 heteroatoms. The van der Waals surface area contributed by atoms with Gasteiger partial charge in [0.05, 0.1) is 11.8 Å². The normalized spacial score (nSPS) is 18.2. The molecule has 16 heavy (non-hydrogen) atoms. The second-order valence-corrected chi connectivity index (χ2v) is 4.37. The van der Waals surface area contributed by atoms with Gasteiger partial charge in [-0.25, -0.2) is 0 Å². The number of carbonyl (C=O) groups is 1. The number of hydrogen-bond acceptors (Lipinski definition) is 3. The van der Waals surface area contributed by atoms with Crippen LogP contribution in [-0.2, 0) is 11.3 Å². The number of fused-ring (bicyclic) bond motifs is 1. The van der Waals surface area contributed by atoms with Crippen molar-refractivity contribution < 1.29 is 4.79 Å². The predicted octanol–water partition coefficient (Wildman–Crippen LogP) is 1.02. The molecule has 0 fully saturated rings. The first-order valence-electron chi connectivity index (χ1n) is 4.68. The lowest BCUT2D eigenvalue weighted by atomic mass is 10.2. The third kappa shape index (κ3) is 1.86. The number of aromatic nitrogens is 2. The van der Waals surface area contributed by atoms with Gasteiger partial charge in [0, 0.05) is 25.2 Å². The first-order chi connectivity index (χ1) is 7.61. The number of halogens is 1. The zero-order valence-corrected chi connectivity index (χ0v) is 10.2. The molecule has 0 bridgehead atoms. The number of amides is 1. The molecule has 1 aliphatic heterocycles. The summed E-state index contributed by atoms with van der Waals surface area (Å²) >= 11 is 3.26. The smallest absolute Gasteiger partial charge is 0.244 e. The summed E-state index contributed by atoms with van der Waals surface area (Å²) in [7, 11) is 1.72. The second kappa shape index (κ2) is 4.10. The molecule has 2 rings (SSSR count). The highest BCUT2D eigenvalue weighted by atomic mass is 79.9. The molecule has 1 amide bonds. The van der Waals surface area contributed by atoms with E-state index in [1.54, 1.807) is 16.6 Å². The Morgan fingerprint density at radius 1 is 1.62 bits per heavy atom. The fourth-order valence-corrected chi connectivity index (χ4v) is 2.04. The lowest BCUT2D eigenvalue weighted by Gasteiger charge is -2.13. The Labute approximate surface area is 101 Å². The SMILES string of the molecule is CN1CC(=CC#N)c2cc(Br)nn2CC1=O. The van der Waals surface area contributed by atoms with Crippen LogP contribution in [0.5, 0.6) is 0 Å². The molecule has 0 radical (unpaired) electrons. The number of nitrogens with zero attached hydrogens (tertiary/aromatic N) is 4. The van der Waals surface area contributed by atoms with E-state index in [0.29, 0.717) is 11.1 Å². The molecule has 0 spiro atoms. The first-order valence-corrected chi connectivity index (χ1v) is 5.47. The van der Waals surface area contributed by atoms with Gasteiger partial charge in [0.15, 0.2) is 0 Å². The molecular weight excluding hydrogens is 272 g/mol. The number of allylic oxidation sites excluding steroid dienone is 1. The largest absolute Gasteiger partial charge is 0.340 e. The van der Waals surface area contributed by atoms with Gasteiger partial charge in [-0.2, -0.15) is 10.4 Å². The van der Waals surface area contributed by atoms with E-state index in [4.69, 9.17) is 5.26 Å². The molecule has 0 atom stereocenters. The molecule has 1 aromatic rings. The fraction of sp³-hybridized carbons (Fsp3) is 0.300. The molecule has 0 saturated carbocycles. The topological polar surface area (TPSA) is 61.9 Å². The van der Waals surface area contributed by atoms with E-state index in [1.807, 2.05) is 12.1 Å². The van der Waals surface area contributed by atoms with Gasteiger partial charge in [-0.3, -0.25) is 9.48 Å². The zero-order chi connectivity index (χ0) is 11.7. The molecule has 82 valence electrons. The maximum absolute atomic E-state index is 11.7. The number of rotatable bonds is 0. The summed E-state index contributed by atoms with van der Waals surface area (Å²) in [6.07, 6.45) is 1.45. The minimum atomic E-state index is -0.0156. The minimum absolute atomic E-state index is 0.0156. The molecule has 1 aliphatic rings. The lowest BCUT2D eigenvalue weighted by molar-refractivity contribution is -0.129. The van der Waals surface area contributed by atoms with E-state index in [-0.39, 0.29) is 12.5 Å². The van der Waals surface area contributed by atoms with Crippen molar-refractivity contribution in [1.82, 2.24) is 14.7 Å². The van der Waals surface area contributed by atoms with Crippen LogP contribution < -0.4 is 0 Å². The van der Waals surface area contributed by atoms with Gasteiger partial charge >= 0.3 is 0 Å². The average Bonchev–Trinajstić information content (AvgIpc) is 2.54. The fourth-order valence-electron chi connectivity index (χ4n) is 1.64. The van der Waals surface area contributed by atoms with Crippen molar-refractivity contribution in [1.29, 1.82) is 5.26 Å². The quantitative estimate of drug-likeness (QED) is 0.667. The maximum atomic E-state index is 11.7. The van der Waals surface area contributed by atoms with E-state index >= 15 is 0 Å². The molecule has 0 unspecified atom stereocenters. The van der Waals surface area contributed by atoms with Crippen LogP contribution in [0, 0.1) is 11.3 Å². The Morgan fingerprint density at radius 3 is 3.06 bits per heavy atom. The minimum Gasteiger partial charge on any atom is -0.340 e. The Bertz CT molecular complexity index is 511. The van der Waals surface area contributed by atoms with Gasteiger partial charge in [0.1, 0.15) is 11.1 Å². The molecule has 0 aliphatic carbocycles. The van der Waals surface area contributed by atoms with Crippen molar-refractivity contribution in [3.05, 3.63) is 22.4 Å². The molecule has 5 nitrogen and oxygen atoms in total. The lowest BCUT2D eigenvalue weighted by Crippen LogP contribution is -2.28. The Morgan fingerprint density at radius 2 is 2.38 bits per heavy atom. The molecule has 1 aromatic heterocycles. The summed E-state index contributed by atoms with van der Waals surface area (Å²) in [6.45, 7) is 0.644. The predicted molar refractivity (Wildman–Crippen MR) is 61.2 cm³/mol. The molecule has 0 N–H and O–H groups in total. The zero-order valence-electron chi connectivity index (χ0n) is 8.64. The number of carbonyl (C=O) groups excluding carboxylic acids is 1. The van der Waals surface area contributed by atoms with Crippen LogP contribution in [0.3, 0.4) is 0 Å². The summed E-state index contributed by atoms with van der Waals surface area (Å²) in [4.78, 5) is 13.3. The Balaban J connectivity index is 2.53. The van der Waals surface area contributed by atoms with Gasteiger partial charge < -0.3 is 4.90 Å². The molecule has 2 heterocycles. The molecular formula is C10H9BrN4O. The highest BCUT2D eigenvalue weighted by molar-refractivity contribution is 9.10. The summed E-state index contributed by atoms with van der Waals surface area (Å²) in [5.41, 5.74) is 1.61. The summed E-state index contributed by atoms with van der Waals surface area (Å²) in [6, 6.07) is 3.81. The summed E-state index contributed by atoms with van der Waals surface area (Å²) in [5.74, 6) is -0.0156. The first kappa shape index (κ1) is 10.9. The summed E-state index contributed by atoms with van der Waals surface area (Å²) in [5, 5.41) is 12.9. The van der Waals surface area contributed by atoms with E-state index in [2.05, 4.69) is 21.0 Å². The van der Waals surface area contributed by atoms with Crippen molar-refractivity contribution in [2.24, 2.45) is 0 Å². The van der Waals surface area contributed by atoms with E-state index in [1.165, 1.54) is 6.08 Å². The second-order valence-electron chi connectivity index (χ2n) is 3.56. The third-order valence-corrected chi connectivity index (χ3v) is 2.82. The third-order valence-electron chi connectivity index (χ3n) is 2.44. The van der Waals surface area contributed by atoms with Crippen molar-refractivity contribution >= 4 is 27.4 Å². The van der Waals surface area contributed by atoms with Crippen LogP contribution in [0.25, 0.3) is 5.57 Å². The van der Waals surface area contributed by atoms with Crippen molar-refractivity contribution in [3.8, 4) is 6.07 Å². The van der Waals surface area contributed by atoms with Gasteiger partial charge in [-0.15, -0.1) is 0 Å². The van der Waals surface area contributed by atoms with Crippen LogP contribution in [-0.4, -0.2) is 34.2 Å². The van der Waals surface area contributed by atoms with E-state index in [9.17, 15) is 4.79 Å². The van der Waals surface area contributed by atoms with Crippen molar-refractivity contribution in [2.75, 3.05) is 13.6 Å². The van der Waals surface area contributed by atoms with Crippen LogP contribution in [0.4, 0.5) is 0 Å². The highest BCUT2D eigenvalue weighted by Crippen LogP contribution is 2.22. The van der Waals surface area contributed by atoms with Gasteiger partial charge in [-0.1, -0.05) is 0 Å². The van der Waals surface area contributed by atoms with E-state index in [0.717, 1.165) is 11.3 Å². The number of likely N-dealkylation sites (N-methyl/N-ethyl adjacent to an activating group) is 1. The van der Waals surface area contributed by atoms with Crippen LogP contribution in [0.1, 0.15) is 5.69 Å². The maximum Gasteiger partial charge on any atom is 0.244 e. The number of nitriles is 1. The van der Waals surface area contributed by atoms with Gasteiger partial charge in [0.25, 0.3) is 0 Å². The Kier molecular flexibility index (Phi) is 2.79. The number of hydrogen-bond donors (Lipinski definition) is 0. The van der Waals surface area contributed by atoms with Crippen molar-refractivity contribution in [2.45, 2.75) is 6.54 Å². The van der Waals surface area contributed by atoms with Crippen LogP contribution in [0.2, 0.25) is 0 Å². The Hall–Kier alpha value is -1.61.